The molecule has 5 nitrogen and oxygen atoms in total. The summed E-state index contributed by atoms with van der Waals surface area (Å²) >= 11 is 5.12. The Morgan fingerprint density at radius 1 is 1.10 bits per heavy atom. The van der Waals surface area contributed by atoms with Gasteiger partial charge in [0, 0.05) is 16.6 Å². The highest BCUT2D eigenvalue weighted by atomic mass is 79.9. The smallest absolute Gasteiger partial charge is 0.212 e. The molecule has 0 saturated heterocycles. The number of benzene rings is 2. The van der Waals surface area contributed by atoms with Crippen molar-refractivity contribution in [3.63, 3.8) is 0 Å². The summed E-state index contributed by atoms with van der Waals surface area (Å²) in [5.41, 5.74) is 2.24. The van der Waals surface area contributed by atoms with Gasteiger partial charge in [0.1, 0.15) is 5.75 Å². The number of aryl methyl sites for hydroxylation is 1. The number of hydrogen-bond donors (Lipinski definition) is 0. The van der Waals surface area contributed by atoms with Gasteiger partial charge in [-0.15, -0.1) is 10.2 Å². The van der Waals surface area contributed by atoms with E-state index in [9.17, 15) is 0 Å². The summed E-state index contributed by atoms with van der Waals surface area (Å²) in [6.45, 7) is 7.13. The zero-order valence-electron chi connectivity index (χ0n) is 17.6. The van der Waals surface area contributed by atoms with Gasteiger partial charge in [-0.3, -0.25) is 0 Å². The Balaban J connectivity index is 1.71. The van der Waals surface area contributed by atoms with Crippen molar-refractivity contribution in [2.24, 2.45) is 11.0 Å². The second-order valence-electron chi connectivity index (χ2n) is 7.39. The molecule has 0 radical (unpaired) electrons. The van der Waals surface area contributed by atoms with Crippen LogP contribution in [0.2, 0.25) is 0 Å². The van der Waals surface area contributed by atoms with E-state index in [1.54, 1.807) is 11.8 Å². The molecule has 0 N–H and O–H groups in total. The number of rotatable bonds is 10. The van der Waals surface area contributed by atoms with Crippen LogP contribution in [0.15, 0.2) is 63.3 Å². The van der Waals surface area contributed by atoms with Crippen molar-refractivity contribution < 1.29 is 4.74 Å². The van der Waals surface area contributed by atoms with Crippen LogP contribution in [0, 0.1) is 5.92 Å². The number of nitrogens with zero attached hydrogens (tertiary/aromatic N) is 4. The van der Waals surface area contributed by atoms with E-state index in [0.717, 1.165) is 45.4 Å². The Labute approximate surface area is 191 Å². The van der Waals surface area contributed by atoms with E-state index in [0.29, 0.717) is 12.5 Å². The van der Waals surface area contributed by atoms with Gasteiger partial charge in [-0.1, -0.05) is 60.6 Å². The van der Waals surface area contributed by atoms with Gasteiger partial charge in [0.15, 0.2) is 5.82 Å². The second-order valence-corrected chi connectivity index (χ2v) is 9.25. The minimum atomic E-state index is 0.505. The van der Waals surface area contributed by atoms with Crippen LogP contribution in [0.5, 0.6) is 5.75 Å². The molecule has 3 aromatic rings. The highest BCUT2D eigenvalue weighted by Crippen LogP contribution is 2.23. The topological polar surface area (TPSA) is 52.3 Å². The lowest BCUT2D eigenvalue weighted by molar-refractivity contribution is 0.271. The molecule has 0 aliphatic heterocycles. The first-order valence-corrected chi connectivity index (χ1v) is 11.9. The number of hydrogen-bond acceptors (Lipinski definition) is 5. The number of ether oxygens (including phenoxy) is 1. The average molecular weight is 487 g/mol. The predicted molar refractivity (Wildman–Crippen MR) is 127 cm³/mol. The van der Waals surface area contributed by atoms with Crippen molar-refractivity contribution in [2.45, 2.75) is 44.5 Å². The fraction of sp³-hybridized carbons (Fsp3) is 0.348. The number of thioether (sulfide) groups is 1. The molecular formula is C23H27BrN4OS. The minimum absolute atomic E-state index is 0.505. The highest BCUT2D eigenvalue weighted by molar-refractivity contribution is 9.10. The lowest BCUT2D eigenvalue weighted by atomic mass is 10.2. The molecule has 2 aromatic carbocycles. The Bertz CT molecular complexity index is 952. The van der Waals surface area contributed by atoms with Crippen molar-refractivity contribution in [2.75, 3.05) is 6.61 Å². The average Bonchev–Trinajstić information content (AvgIpc) is 3.13. The van der Waals surface area contributed by atoms with Gasteiger partial charge >= 0.3 is 0 Å². The molecule has 0 aliphatic rings. The van der Waals surface area contributed by atoms with Crippen molar-refractivity contribution in [3.05, 3.63) is 70.0 Å². The summed E-state index contributed by atoms with van der Waals surface area (Å²) < 4.78 is 8.68. The molecule has 3 rings (SSSR count). The van der Waals surface area contributed by atoms with Crippen LogP contribution in [0.1, 0.15) is 44.1 Å². The maximum Gasteiger partial charge on any atom is 0.212 e. The van der Waals surface area contributed by atoms with E-state index in [1.807, 2.05) is 35.2 Å². The molecule has 0 aliphatic carbocycles. The van der Waals surface area contributed by atoms with Crippen molar-refractivity contribution >= 4 is 33.9 Å². The Hall–Kier alpha value is -2.12. The van der Waals surface area contributed by atoms with Crippen LogP contribution >= 0.6 is 27.7 Å². The third-order valence-corrected chi connectivity index (χ3v) is 5.74. The first-order chi connectivity index (χ1) is 14.5. The van der Waals surface area contributed by atoms with Gasteiger partial charge in [-0.05, 0) is 59.9 Å². The molecule has 1 aromatic heterocycles. The molecule has 0 fully saturated rings. The first-order valence-electron chi connectivity index (χ1n) is 10.1. The van der Waals surface area contributed by atoms with E-state index < -0.39 is 0 Å². The first kappa shape index (κ1) is 22.6. The molecule has 158 valence electrons. The molecule has 0 unspecified atom stereocenters. The maximum absolute atomic E-state index is 5.75. The van der Waals surface area contributed by atoms with Crippen LogP contribution in [-0.4, -0.2) is 27.7 Å². The molecule has 0 amide bonds. The molecule has 0 spiro atoms. The number of halogens is 1. The highest BCUT2D eigenvalue weighted by Gasteiger charge is 2.11. The summed E-state index contributed by atoms with van der Waals surface area (Å²) in [5.74, 6) is 3.08. The fourth-order valence-electron chi connectivity index (χ4n) is 2.65. The molecule has 7 heteroatoms. The third-order valence-electron chi connectivity index (χ3n) is 4.22. The quantitative estimate of drug-likeness (QED) is 0.252. The lowest BCUT2D eigenvalue weighted by Gasteiger charge is -2.08. The minimum Gasteiger partial charge on any atom is -0.493 e. The molecular weight excluding hydrogens is 460 g/mol. The summed E-state index contributed by atoms with van der Waals surface area (Å²) in [6.07, 6.45) is 3.68. The monoisotopic (exact) mass is 486 g/mol. The van der Waals surface area contributed by atoms with Crippen molar-refractivity contribution in [3.8, 4) is 5.75 Å². The van der Waals surface area contributed by atoms with Gasteiger partial charge in [0.2, 0.25) is 5.16 Å². The van der Waals surface area contributed by atoms with Crippen LogP contribution in [0.4, 0.5) is 0 Å². The second kappa shape index (κ2) is 11.3. The molecule has 0 atom stereocenters. The fourth-order valence-corrected chi connectivity index (χ4v) is 3.77. The van der Waals surface area contributed by atoms with E-state index in [2.05, 4.69) is 76.3 Å². The number of aromatic nitrogens is 3. The SMILES string of the molecule is CCCc1nnc(SCc2ccc(Br)cc2)n1/N=C\c1ccc(OCC(C)C)cc1. The van der Waals surface area contributed by atoms with Gasteiger partial charge < -0.3 is 4.74 Å². The van der Waals surface area contributed by atoms with E-state index in [1.165, 1.54) is 5.56 Å². The maximum atomic E-state index is 5.75. The molecule has 0 saturated carbocycles. The Morgan fingerprint density at radius 3 is 2.50 bits per heavy atom. The van der Waals surface area contributed by atoms with Crippen molar-refractivity contribution in [1.82, 2.24) is 14.9 Å². The molecule has 30 heavy (non-hydrogen) atoms. The van der Waals surface area contributed by atoms with Gasteiger partial charge in [-0.2, -0.15) is 9.78 Å². The standard InChI is InChI=1S/C23H27BrN4OS/c1-4-5-22-26-27-23(30-16-19-6-10-20(24)11-7-19)28(22)25-14-18-8-12-21(13-9-18)29-15-17(2)3/h6-14,17H,4-5,15-16H2,1-3H3/b25-14-. The predicted octanol–water partition coefficient (Wildman–Crippen LogP) is 6.20. The summed E-state index contributed by atoms with van der Waals surface area (Å²) in [7, 11) is 0. The van der Waals surface area contributed by atoms with Crippen LogP contribution in [-0.2, 0) is 12.2 Å². The van der Waals surface area contributed by atoms with Gasteiger partial charge in [0.25, 0.3) is 0 Å². The van der Waals surface area contributed by atoms with Gasteiger partial charge in [0.05, 0.1) is 12.8 Å². The summed E-state index contributed by atoms with van der Waals surface area (Å²) in [5, 5.41) is 14.2. The Kier molecular flexibility index (Phi) is 8.51. The summed E-state index contributed by atoms with van der Waals surface area (Å²) in [4.78, 5) is 0. The van der Waals surface area contributed by atoms with Crippen LogP contribution in [0.25, 0.3) is 0 Å². The third kappa shape index (κ3) is 6.71. The largest absolute Gasteiger partial charge is 0.493 e. The lowest BCUT2D eigenvalue weighted by Crippen LogP contribution is -2.04. The van der Waals surface area contributed by atoms with Crippen LogP contribution < -0.4 is 4.74 Å². The zero-order valence-corrected chi connectivity index (χ0v) is 20.0. The zero-order chi connectivity index (χ0) is 21.3. The normalized spacial score (nSPS) is 11.5. The van der Waals surface area contributed by atoms with Gasteiger partial charge in [-0.25, -0.2) is 0 Å². The van der Waals surface area contributed by atoms with Crippen LogP contribution in [0.3, 0.4) is 0 Å². The van der Waals surface area contributed by atoms with Crippen molar-refractivity contribution in [1.29, 1.82) is 0 Å². The molecule has 0 bridgehead atoms. The molecule has 1 heterocycles. The van der Waals surface area contributed by atoms with E-state index in [4.69, 9.17) is 4.74 Å². The van der Waals surface area contributed by atoms with E-state index >= 15 is 0 Å². The summed E-state index contributed by atoms with van der Waals surface area (Å²) in [6, 6.07) is 16.3. The Morgan fingerprint density at radius 2 is 1.83 bits per heavy atom. The van der Waals surface area contributed by atoms with E-state index in [-0.39, 0.29) is 0 Å².